The van der Waals surface area contributed by atoms with Gasteiger partial charge in [-0.25, -0.2) is 0 Å². The lowest BCUT2D eigenvalue weighted by molar-refractivity contribution is 0.0936. The van der Waals surface area contributed by atoms with Crippen molar-refractivity contribution in [3.8, 4) is 5.75 Å². The molecule has 2 heterocycles. The average molecular weight is 449 g/mol. The Morgan fingerprint density at radius 2 is 1.78 bits per heavy atom. The molecule has 1 atom stereocenters. The van der Waals surface area contributed by atoms with E-state index >= 15 is 0 Å². The van der Waals surface area contributed by atoms with E-state index in [-0.39, 0.29) is 12.0 Å². The minimum absolute atomic E-state index is 0.0371. The molecule has 1 fully saturated rings. The van der Waals surface area contributed by atoms with Crippen molar-refractivity contribution < 1.29 is 9.53 Å². The summed E-state index contributed by atoms with van der Waals surface area (Å²) in [6, 6.07) is 23.1. The van der Waals surface area contributed by atoms with Gasteiger partial charge in [0.15, 0.2) is 0 Å². The first-order chi connectivity index (χ1) is 15.6. The van der Waals surface area contributed by atoms with Gasteiger partial charge in [0.2, 0.25) is 0 Å². The first kappa shape index (κ1) is 22.6. The zero-order valence-electron chi connectivity index (χ0n) is 18.9. The van der Waals surface area contributed by atoms with Crippen molar-refractivity contribution in [3.63, 3.8) is 0 Å². The van der Waals surface area contributed by atoms with Crippen LogP contribution in [0.25, 0.3) is 0 Å². The van der Waals surface area contributed by atoms with Crippen LogP contribution in [0.4, 0.5) is 0 Å². The number of benzene rings is 2. The maximum Gasteiger partial charge on any atom is 0.261 e. The number of rotatable bonds is 8. The lowest BCUT2D eigenvalue weighted by Gasteiger charge is -2.32. The summed E-state index contributed by atoms with van der Waals surface area (Å²) in [5, 5.41) is 2.95. The Hall–Kier alpha value is -2.63. The molecular formula is C27H32N2O2S. The third-order valence-corrected chi connectivity index (χ3v) is 7.04. The van der Waals surface area contributed by atoms with Crippen LogP contribution >= 0.6 is 11.3 Å². The van der Waals surface area contributed by atoms with Crippen LogP contribution in [0.15, 0.2) is 66.7 Å². The predicted molar refractivity (Wildman–Crippen MR) is 132 cm³/mol. The van der Waals surface area contributed by atoms with Crippen LogP contribution in [-0.4, -0.2) is 36.5 Å². The quantitative estimate of drug-likeness (QED) is 0.485. The standard InChI is InChI=1S/C27H32N2O2S/c1-20(18-28-27(30)26-13-8-21(2)32-26)31-25-11-9-22(10-12-25)19-29-16-14-24(15-17-29)23-6-4-3-5-7-23/h3-13,20,24H,14-19H2,1-2H3,(H,28,30). The smallest absolute Gasteiger partial charge is 0.261 e. The fraction of sp³-hybridized carbons (Fsp3) is 0.370. The van der Waals surface area contributed by atoms with Gasteiger partial charge in [0.25, 0.3) is 5.91 Å². The highest BCUT2D eigenvalue weighted by Crippen LogP contribution is 2.28. The average Bonchev–Trinajstić information content (AvgIpc) is 3.26. The second-order valence-electron chi connectivity index (χ2n) is 8.65. The van der Waals surface area contributed by atoms with E-state index in [4.69, 9.17) is 4.74 Å². The number of ether oxygens (including phenoxy) is 1. The summed E-state index contributed by atoms with van der Waals surface area (Å²) in [6.07, 6.45) is 2.35. The summed E-state index contributed by atoms with van der Waals surface area (Å²) in [6.45, 7) is 7.71. The molecule has 0 aliphatic carbocycles. The van der Waals surface area contributed by atoms with Crippen LogP contribution in [0.5, 0.6) is 5.75 Å². The van der Waals surface area contributed by atoms with Gasteiger partial charge in [-0.15, -0.1) is 11.3 Å². The van der Waals surface area contributed by atoms with E-state index in [0.717, 1.165) is 35.1 Å². The van der Waals surface area contributed by atoms with Crippen LogP contribution in [0, 0.1) is 6.92 Å². The van der Waals surface area contributed by atoms with Crippen LogP contribution < -0.4 is 10.1 Å². The summed E-state index contributed by atoms with van der Waals surface area (Å²) in [5.41, 5.74) is 2.79. The summed E-state index contributed by atoms with van der Waals surface area (Å²) in [5.74, 6) is 1.49. The van der Waals surface area contributed by atoms with Gasteiger partial charge in [-0.05, 0) is 81.1 Å². The highest BCUT2D eigenvalue weighted by atomic mass is 32.1. The molecule has 4 rings (SSSR count). The van der Waals surface area contributed by atoms with Crippen LogP contribution in [-0.2, 0) is 6.54 Å². The Balaban J connectivity index is 1.20. The number of nitrogens with one attached hydrogen (secondary N) is 1. The number of amides is 1. The third-order valence-electron chi connectivity index (χ3n) is 6.04. The van der Waals surface area contributed by atoms with E-state index in [0.29, 0.717) is 12.5 Å². The normalized spacial score (nSPS) is 15.9. The van der Waals surface area contributed by atoms with Gasteiger partial charge in [-0.1, -0.05) is 42.5 Å². The summed E-state index contributed by atoms with van der Waals surface area (Å²) < 4.78 is 5.99. The number of aryl methyl sites for hydroxylation is 1. The van der Waals surface area contributed by atoms with Crippen LogP contribution in [0.3, 0.4) is 0 Å². The van der Waals surface area contributed by atoms with Gasteiger partial charge < -0.3 is 10.1 Å². The first-order valence-electron chi connectivity index (χ1n) is 11.4. The zero-order chi connectivity index (χ0) is 22.3. The maximum absolute atomic E-state index is 12.2. The van der Waals surface area contributed by atoms with Crippen molar-refractivity contribution in [2.24, 2.45) is 0 Å². The van der Waals surface area contributed by atoms with Crippen molar-refractivity contribution in [2.75, 3.05) is 19.6 Å². The molecule has 168 valence electrons. The Morgan fingerprint density at radius 1 is 1.06 bits per heavy atom. The molecule has 0 bridgehead atoms. The maximum atomic E-state index is 12.2. The number of hydrogen-bond acceptors (Lipinski definition) is 4. The lowest BCUT2D eigenvalue weighted by Crippen LogP contribution is -2.33. The molecule has 1 saturated heterocycles. The van der Waals surface area contributed by atoms with Gasteiger partial charge in [0, 0.05) is 11.4 Å². The van der Waals surface area contributed by atoms with Gasteiger partial charge in [0.1, 0.15) is 11.9 Å². The molecular weight excluding hydrogens is 416 g/mol. The topological polar surface area (TPSA) is 41.6 Å². The molecule has 5 heteroatoms. The Bertz CT molecular complexity index is 992. The van der Waals surface area contributed by atoms with E-state index in [2.05, 4.69) is 52.7 Å². The van der Waals surface area contributed by atoms with E-state index in [1.165, 1.54) is 35.3 Å². The van der Waals surface area contributed by atoms with Crippen molar-refractivity contribution >= 4 is 17.2 Å². The highest BCUT2D eigenvalue weighted by Gasteiger charge is 2.20. The number of carbonyl (C=O) groups excluding carboxylic acids is 1. The molecule has 1 amide bonds. The fourth-order valence-electron chi connectivity index (χ4n) is 4.24. The molecule has 3 aromatic rings. The van der Waals surface area contributed by atoms with Crippen LogP contribution in [0.2, 0.25) is 0 Å². The van der Waals surface area contributed by atoms with Crippen molar-refractivity contribution in [1.82, 2.24) is 10.2 Å². The molecule has 0 radical (unpaired) electrons. The fourth-order valence-corrected chi connectivity index (χ4v) is 5.02. The molecule has 0 spiro atoms. The molecule has 1 N–H and O–H groups in total. The van der Waals surface area contributed by atoms with E-state index in [9.17, 15) is 4.79 Å². The molecule has 1 aliphatic heterocycles. The summed E-state index contributed by atoms with van der Waals surface area (Å²) in [7, 11) is 0. The van der Waals surface area contributed by atoms with Gasteiger partial charge in [-0.2, -0.15) is 0 Å². The molecule has 1 aromatic heterocycles. The predicted octanol–water partition coefficient (Wildman–Crippen LogP) is 5.63. The Kier molecular flexibility index (Phi) is 7.61. The van der Waals surface area contributed by atoms with Crippen molar-refractivity contribution in [2.45, 2.75) is 45.3 Å². The molecule has 4 nitrogen and oxygen atoms in total. The first-order valence-corrected chi connectivity index (χ1v) is 12.3. The highest BCUT2D eigenvalue weighted by molar-refractivity contribution is 7.13. The summed E-state index contributed by atoms with van der Waals surface area (Å²) >= 11 is 1.51. The number of carbonyl (C=O) groups is 1. The van der Waals surface area contributed by atoms with Gasteiger partial charge in [-0.3, -0.25) is 9.69 Å². The van der Waals surface area contributed by atoms with E-state index < -0.39 is 0 Å². The number of hydrogen-bond donors (Lipinski definition) is 1. The number of likely N-dealkylation sites (tertiary alicyclic amines) is 1. The SMILES string of the molecule is Cc1ccc(C(=O)NCC(C)Oc2ccc(CN3CCC(c4ccccc4)CC3)cc2)s1. The number of piperidine rings is 1. The second-order valence-corrected chi connectivity index (χ2v) is 9.94. The lowest BCUT2D eigenvalue weighted by atomic mass is 9.89. The second kappa shape index (κ2) is 10.8. The Labute approximate surface area is 195 Å². The van der Waals surface area contributed by atoms with Crippen molar-refractivity contribution in [3.05, 3.63) is 87.6 Å². The zero-order valence-corrected chi connectivity index (χ0v) is 19.7. The monoisotopic (exact) mass is 448 g/mol. The molecule has 1 aliphatic rings. The summed E-state index contributed by atoms with van der Waals surface area (Å²) in [4.78, 5) is 16.6. The van der Waals surface area contributed by atoms with E-state index in [1.54, 1.807) is 0 Å². The molecule has 0 saturated carbocycles. The number of thiophene rings is 1. The molecule has 2 aromatic carbocycles. The van der Waals surface area contributed by atoms with Crippen LogP contribution in [0.1, 0.15) is 51.4 Å². The minimum Gasteiger partial charge on any atom is -0.489 e. The third kappa shape index (κ3) is 6.21. The van der Waals surface area contributed by atoms with Crippen molar-refractivity contribution in [1.29, 1.82) is 0 Å². The van der Waals surface area contributed by atoms with Gasteiger partial charge >= 0.3 is 0 Å². The largest absolute Gasteiger partial charge is 0.489 e. The molecule has 1 unspecified atom stereocenters. The Morgan fingerprint density at radius 3 is 2.44 bits per heavy atom. The minimum atomic E-state index is -0.0946. The van der Waals surface area contributed by atoms with Gasteiger partial charge in [0.05, 0.1) is 11.4 Å². The van der Waals surface area contributed by atoms with E-state index in [1.807, 2.05) is 38.1 Å². The molecule has 32 heavy (non-hydrogen) atoms. The number of nitrogens with zero attached hydrogens (tertiary/aromatic N) is 1.